The van der Waals surface area contributed by atoms with Gasteiger partial charge in [-0.15, -0.1) is 0 Å². The van der Waals surface area contributed by atoms with Gasteiger partial charge in [0.05, 0.1) is 0 Å². The summed E-state index contributed by atoms with van der Waals surface area (Å²) in [6.45, 7) is 7.90. The molecule has 0 radical (unpaired) electrons. The molecule has 0 amide bonds. The minimum atomic E-state index is -1.15. The third-order valence-corrected chi connectivity index (χ3v) is 7.35. The highest BCUT2D eigenvalue weighted by atomic mass is 19.1. The van der Waals surface area contributed by atoms with Crippen molar-refractivity contribution in [3.63, 3.8) is 0 Å². The summed E-state index contributed by atoms with van der Waals surface area (Å²) in [6.07, 6.45) is 4.88. The van der Waals surface area contributed by atoms with Crippen LogP contribution in [-0.4, -0.2) is 11.6 Å². The third kappa shape index (κ3) is 1.75. The summed E-state index contributed by atoms with van der Waals surface area (Å²) in [4.78, 5) is 24.1. The second-order valence-corrected chi connectivity index (χ2v) is 8.40. The van der Waals surface area contributed by atoms with E-state index in [2.05, 4.69) is 13.5 Å². The van der Waals surface area contributed by atoms with Crippen LogP contribution in [0.3, 0.4) is 0 Å². The predicted molar refractivity (Wildman–Crippen MR) is 86.2 cm³/mol. The van der Waals surface area contributed by atoms with Crippen molar-refractivity contribution in [1.29, 1.82) is 0 Å². The Hall–Kier alpha value is -1.58. The fourth-order valence-electron chi connectivity index (χ4n) is 6.16. The average molecular weight is 332 g/mol. The largest absolute Gasteiger partial charge is 0.299 e. The van der Waals surface area contributed by atoms with Crippen LogP contribution in [-0.2, 0) is 9.59 Å². The van der Waals surface area contributed by atoms with Gasteiger partial charge in [0.15, 0.2) is 11.7 Å². The van der Waals surface area contributed by atoms with E-state index in [0.29, 0.717) is 29.8 Å². The maximum absolute atomic E-state index is 14.6. The number of rotatable bonds is 0. The van der Waals surface area contributed by atoms with Crippen LogP contribution in [0.4, 0.5) is 8.78 Å². The molecule has 0 aliphatic heterocycles. The lowest BCUT2D eigenvalue weighted by atomic mass is 9.47. The summed E-state index contributed by atoms with van der Waals surface area (Å²) in [5.74, 6) is -2.31. The smallest absolute Gasteiger partial charge is 0.249 e. The Bertz CT molecular complexity index is 747. The lowest BCUT2D eigenvalue weighted by Gasteiger charge is -2.56. The van der Waals surface area contributed by atoms with E-state index >= 15 is 0 Å². The molecule has 3 saturated carbocycles. The molecule has 0 aromatic carbocycles. The van der Waals surface area contributed by atoms with Gasteiger partial charge in [0.1, 0.15) is 5.78 Å². The van der Waals surface area contributed by atoms with Crippen LogP contribution in [0.25, 0.3) is 0 Å². The van der Waals surface area contributed by atoms with Crippen LogP contribution in [0, 0.1) is 28.6 Å². The van der Waals surface area contributed by atoms with E-state index in [4.69, 9.17) is 0 Å². The van der Waals surface area contributed by atoms with Crippen molar-refractivity contribution in [1.82, 2.24) is 0 Å². The van der Waals surface area contributed by atoms with Gasteiger partial charge in [-0.1, -0.05) is 20.4 Å². The fourth-order valence-corrected chi connectivity index (χ4v) is 6.16. The van der Waals surface area contributed by atoms with E-state index < -0.39 is 22.9 Å². The molecule has 0 aromatic rings. The van der Waals surface area contributed by atoms with E-state index in [9.17, 15) is 18.4 Å². The normalized spacial score (nSPS) is 44.9. The van der Waals surface area contributed by atoms with Crippen molar-refractivity contribution in [2.24, 2.45) is 28.6 Å². The Kier molecular flexibility index (Phi) is 3.14. The first-order chi connectivity index (χ1) is 11.2. The molecule has 0 saturated heterocycles. The number of carbonyl (C=O) groups excluding carboxylic acids is 2. The van der Waals surface area contributed by atoms with E-state index in [1.165, 1.54) is 6.08 Å². The molecule has 4 heteroatoms. The van der Waals surface area contributed by atoms with Gasteiger partial charge < -0.3 is 0 Å². The number of ketones is 2. The number of carbonyl (C=O) groups is 2. The molecule has 0 aromatic heterocycles. The van der Waals surface area contributed by atoms with E-state index in [-0.39, 0.29) is 23.2 Å². The van der Waals surface area contributed by atoms with Crippen LogP contribution in [0.5, 0.6) is 0 Å². The Labute approximate surface area is 140 Å². The van der Waals surface area contributed by atoms with Crippen LogP contribution in [0.15, 0.2) is 35.5 Å². The summed E-state index contributed by atoms with van der Waals surface area (Å²) in [7, 11) is 0. The molecular formula is C20H22F2O2. The zero-order chi connectivity index (χ0) is 17.4. The van der Waals surface area contributed by atoms with Crippen LogP contribution >= 0.6 is 0 Å². The van der Waals surface area contributed by atoms with Crippen LogP contribution in [0.1, 0.15) is 46.0 Å². The number of halogens is 2. The zero-order valence-corrected chi connectivity index (χ0v) is 14.1. The van der Waals surface area contributed by atoms with Crippen molar-refractivity contribution in [3.8, 4) is 0 Å². The lowest BCUT2D eigenvalue weighted by Crippen LogP contribution is -2.50. The second kappa shape index (κ2) is 4.74. The van der Waals surface area contributed by atoms with Crippen molar-refractivity contribution >= 4 is 11.6 Å². The van der Waals surface area contributed by atoms with E-state index in [0.717, 1.165) is 19.3 Å². The molecule has 24 heavy (non-hydrogen) atoms. The van der Waals surface area contributed by atoms with Gasteiger partial charge in [-0.05, 0) is 55.1 Å². The molecule has 3 fully saturated rings. The SMILES string of the molecule is C=C1C[C@@H]2[C@H](CC[C@]3(C)C(=O)CC[C@@H]23)[C@@]2(C)C=C(F)C(=O)C(F)=C12. The first-order valence-corrected chi connectivity index (χ1v) is 8.75. The summed E-state index contributed by atoms with van der Waals surface area (Å²) in [5.41, 5.74) is -0.251. The van der Waals surface area contributed by atoms with Gasteiger partial charge in [-0.25, -0.2) is 8.78 Å². The molecule has 4 aliphatic rings. The Morgan fingerprint density at radius 2 is 1.88 bits per heavy atom. The average Bonchev–Trinajstić information content (AvgIpc) is 2.80. The van der Waals surface area contributed by atoms with Crippen LogP contribution < -0.4 is 0 Å². The number of Topliss-reactive ketones (excluding diaryl/α,β-unsaturated/α-hetero) is 2. The standard InChI is InChI=1S/C20H22F2O2/c1-10-8-11-12-4-5-15(23)19(12,2)7-6-13(11)20(3)9-14(21)18(24)17(22)16(10)20/h9,11-13H,1,4-8H2,2-3H3/t11-,12-,13-,19-,20+/m0/s1. The Morgan fingerprint density at radius 3 is 2.58 bits per heavy atom. The van der Waals surface area contributed by atoms with Crippen molar-refractivity contribution in [2.75, 3.05) is 0 Å². The van der Waals surface area contributed by atoms with Crippen molar-refractivity contribution in [3.05, 3.63) is 35.5 Å². The topological polar surface area (TPSA) is 34.1 Å². The summed E-state index contributed by atoms with van der Waals surface area (Å²) in [6, 6.07) is 0. The minimum absolute atomic E-state index is 0.0478. The Balaban J connectivity index is 1.83. The van der Waals surface area contributed by atoms with Gasteiger partial charge >= 0.3 is 0 Å². The molecule has 0 unspecified atom stereocenters. The lowest BCUT2D eigenvalue weighted by molar-refractivity contribution is -0.131. The Morgan fingerprint density at radius 1 is 1.17 bits per heavy atom. The summed E-state index contributed by atoms with van der Waals surface area (Å²) >= 11 is 0. The summed E-state index contributed by atoms with van der Waals surface area (Å²) < 4.78 is 28.6. The zero-order valence-electron chi connectivity index (χ0n) is 14.1. The quantitative estimate of drug-likeness (QED) is 0.648. The van der Waals surface area contributed by atoms with E-state index in [1.54, 1.807) is 0 Å². The molecule has 0 spiro atoms. The molecule has 0 N–H and O–H groups in total. The van der Waals surface area contributed by atoms with Gasteiger partial charge in [-0.3, -0.25) is 9.59 Å². The third-order valence-electron chi connectivity index (χ3n) is 7.35. The van der Waals surface area contributed by atoms with Crippen molar-refractivity contribution < 1.29 is 18.4 Å². The second-order valence-electron chi connectivity index (χ2n) is 8.40. The first-order valence-electron chi connectivity index (χ1n) is 8.75. The maximum Gasteiger partial charge on any atom is 0.249 e. The first kappa shape index (κ1) is 15.9. The fraction of sp³-hybridized carbons (Fsp3) is 0.600. The van der Waals surface area contributed by atoms with Crippen molar-refractivity contribution in [2.45, 2.75) is 46.0 Å². The highest BCUT2D eigenvalue weighted by Crippen LogP contribution is 2.65. The van der Waals surface area contributed by atoms with Crippen LogP contribution in [0.2, 0.25) is 0 Å². The number of hydrogen-bond acceptors (Lipinski definition) is 2. The molecule has 4 rings (SSSR count). The van der Waals surface area contributed by atoms with Gasteiger partial charge in [0.2, 0.25) is 5.78 Å². The van der Waals surface area contributed by atoms with Gasteiger partial charge in [0.25, 0.3) is 0 Å². The number of hydrogen-bond donors (Lipinski definition) is 0. The molecule has 2 nitrogen and oxygen atoms in total. The van der Waals surface area contributed by atoms with Gasteiger partial charge in [-0.2, -0.15) is 0 Å². The molecule has 5 atom stereocenters. The highest BCUT2D eigenvalue weighted by molar-refractivity contribution is 6.07. The molecule has 0 heterocycles. The maximum atomic E-state index is 14.6. The minimum Gasteiger partial charge on any atom is -0.299 e. The molecule has 4 aliphatic carbocycles. The molecular weight excluding hydrogens is 310 g/mol. The number of allylic oxidation sites excluding steroid dienone is 5. The van der Waals surface area contributed by atoms with Gasteiger partial charge in [0, 0.05) is 22.8 Å². The summed E-state index contributed by atoms with van der Waals surface area (Å²) in [5, 5.41) is 0. The monoisotopic (exact) mass is 332 g/mol. The molecule has 0 bridgehead atoms. The van der Waals surface area contributed by atoms with E-state index in [1.807, 2.05) is 6.92 Å². The molecule has 128 valence electrons. The highest BCUT2D eigenvalue weighted by Gasteiger charge is 2.60. The predicted octanol–water partition coefficient (Wildman–Crippen LogP) is 4.62. The number of fused-ring (bicyclic) bond motifs is 5.